The molecule has 1 heterocycles. The molecular formula is C17H23N3. The zero-order valence-corrected chi connectivity index (χ0v) is 12.3. The number of rotatable bonds is 6. The molecule has 1 atom stereocenters. The van der Waals surface area contributed by atoms with E-state index < -0.39 is 0 Å². The van der Waals surface area contributed by atoms with Crippen molar-refractivity contribution >= 4 is 0 Å². The van der Waals surface area contributed by atoms with Gasteiger partial charge in [0.15, 0.2) is 0 Å². The van der Waals surface area contributed by atoms with E-state index >= 15 is 0 Å². The van der Waals surface area contributed by atoms with E-state index in [1.807, 2.05) is 12.3 Å². The molecule has 1 aromatic heterocycles. The molecule has 0 aliphatic heterocycles. The number of hydrogen-bond donors (Lipinski definition) is 1. The molecule has 2 N–H and O–H groups in total. The second-order valence-electron chi connectivity index (χ2n) is 5.09. The third kappa shape index (κ3) is 3.42. The largest absolute Gasteiger partial charge is 0.330 e. The molecule has 0 radical (unpaired) electrons. The van der Waals surface area contributed by atoms with Gasteiger partial charge in [-0.05, 0) is 24.5 Å². The Morgan fingerprint density at radius 3 is 2.45 bits per heavy atom. The van der Waals surface area contributed by atoms with E-state index in [9.17, 15) is 0 Å². The fourth-order valence-corrected chi connectivity index (χ4v) is 2.32. The normalized spacial score (nSPS) is 12.3. The van der Waals surface area contributed by atoms with Gasteiger partial charge in [0.05, 0.1) is 5.69 Å². The molecule has 0 saturated heterocycles. The van der Waals surface area contributed by atoms with Gasteiger partial charge in [-0.25, -0.2) is 9.97 Å². The van der Waals surface area contributed by atoms with E-state index in [0.29, 0.717) is 6.54 Å². The number of nitrogens with two attached hydrogens (primary N) is 1. The SMILES string of the molecule is CCCc1ccc(-c2ccnc(C(CC)CN)n2)cc1. The van der Waals surface area contributed by atoms with Crippen molar-refractivity contribution in [1.82, 2.24) is 9.97 Å². The molecule has 3 heteroatoms. The monoisotopic (exact) mass is 269 g/mol. The molecule has 0 bridgehead atoms. The molecule has 1 unspecified atom stereocenters. The summed E-state index contributed by atoms with van der Waals surface area (Å²) in [4.78, 5) is 9.03. The van der Waals surface area contributed by atoms with Crippen molar-refractivity contribution in [2.45, 2.75) is 39.0 Å². The van der Waals surface area contributed by atoms with Crippen LogP contribution in [-0.4, -0.2) is 16.5 Å². The van der Waals surface area contributed by atoms with E-state index in [4.69, 9.17) is 5.73 Å². The van der Waals surface area contributed by atoms with Gasteiger partial charge in [0, 0.05) is 24.2 Å². The Morgan fingerprint density at radius 1 is 1.10 bits per heavy atom. The topological polar surface area (TPSA) is 51.8 Å². The fraction of sp³-hybridized carbons (Fsp3) is 0.412. The van der Waals surface area contributed by atoms with Gasteiger partial charge in [-0.1, -0.05) is 44.5 Å². The third-order valence-electron chi connectivity index (χ3n) is 3.61. The van der Waals surface area contributed by atoms with Crippen molar-refractivity contribution in [3.8, 4) is 11.3 Å². The highest BCUT2D eigenvalue weighted by atomic mass is 14.9. The zero-order valence-electron chi connectivity index (χ0n) is 12.3. The molecule has 0 fully saturated rings. The minimum absolute atomic E-state index is 0.245. The molecule has 0 aliphatic rings. The van der Waals surface area contributed by atoms with Crippen molar-refractivity contribution in [1.29, 1.82) is 0 Å². The fourth-order valence-electron chi connectivity index (χ4n) is 2.32. The van der Waals surface area contributed by atoms with E-state index in [1.165, 1.54) is 12.0 Å². The van der Waals surface area contributed by atoms with Gasteiger partial charge in [0.25, 0.3) is 0 Å². The molecule has 0 spiro atoms. The summed E-state index contributed by atoms with van der Waals surface area (Å²) in [6.07, 6.45) is 5.09. The quantitative estimate of drug-likeness (QED) is 0.872. The predicted molar refractivity (Wildman–Crippen MR) is 83.5 cm³/mol. The summed E-state index contributed by atoms with van der Waals surface area (Å²) in [5.74, 6) is 1.10. The van der Waals surface area contributed by atoms with Crippen LogP contribution in [0.1, 0.15) is 44.0 Å². The molecule has 1 aromatic carbocycles. The summed E-state index contributed by atoms with van der Waals surface area (Å²) in [6.45, 7) is 4.91. The van der Waals surface area contributed by atoms with Gasteiger partial charge < -0.3 is 5.73 Å². The minimum atomic E-state index is 0.245. The number of benzene rings is 1. The van der Waals surface area contributed by atoms with Gasteiger partial charge in [0.1, 0.15) is 5.82 Å². The second kappa shape index (κ2) is 7.15. The second-order valence-corrected chi connectivity index (χ2v) is 5.09. The van der Waals surface area contributed by atoms with Crippen LogP contribution in [-0.2, 0) is 6.42 Å². The molecular weight excluding hydrogens is 246 g/mol. The van der Waals surface area contributed by atoms with Crippen molar-refractivity contribution in [3.05, 3.63) is 47.9 Å². The van der Waals surface area contributed by atoms with Crippen LogP contribution in [0.2, 0.25) is 0 Å². The molecule has 2 rings (SSSR count). The van der Waals surface area contributed by atoms with Crippen molar-refractivity contribution in [2.75, 3.05) is 6.54 Å². The molecule has 0 saturated carbocycles. The van der Waals surface area contributed by atoms with Crippen molar-refractivity contribution in [2.24, 2.45) is 5.73 Å². The van der Waals surface area contributed by atoms with Crippen molar-refractivity contribution < 1.29 is 0 Å². The van der Waals surface area contributed by atoms with Gasteiger partial charge >= 0.3 is 0 Å². The van der Waals surface area contributed by atoms with Gasteiger partial charge in [0.2, 0.25) is 0 Å². The van der Waals surface area contributed by atoms with Crippen LogP contribution in [0.25, 0.3) is 11.3 Å². The van der Waals surface area contributed by atoms with Crippen molar-refractivity contribution in [3.63, 3.8) is 0 Å². The summed E-state index contributed by atoms with van der Waals surface area (Å²) < 4.78 is 0. The lowest BCUT2D eigenvalue weighted by atomic mass is 10.0. The zero-order chi connectivity index (χ0) is 14.4. The first-order valence-corrected chi connectivity index (χ1v) is 7.40. The lowest BCUT2D eigenvalue weighted by Crippen LogP contribution is -2.14. The average molecular weight is 269 g/mol. The highest BCUT2D eigenvalue weighted by molar-refractivity contribution is 5.59. The molecule has 0 aliphatic carbocycles. The molecule has 3 nitrogen and oxygen atoms in total. The number of aromatic nitrogens is 2. The van der Waals surface area contributed by atoms with E-state index in [1.54, 1.807) is 0 Å². The maximum absolute atomic E-state index is 5.78. The Kier molecular flexibility index (Phi) is 5.24. The Bertz CT molecular complexity index is 530. The van der Waals surface area contributed by atoms with Gasteiger partial charge in [-0.15, -0.1) is 0 Å². The van der Waals surface area contributed by atoms with E-state index in [2.05, 4.69) is 48.1 Å². The first-order valence-electron chi connectivity index (χ1n) is 7.40. The first-order chi connectivity index (χ1) is 9.78. The van der Waals surface area contributed by atoms with E-state index in [-0.39, 0.29) is 5.92 Å². The maximum atomic E-state index is 5.78. The highest BCUT2D eigenvalue weighted by Gasteiger charge is 2.11. The standard InChI is InChI=1S/C17H23N3/c1-3-5-13-6-8-15(9-7-13)16-10-11-19-17(20-16)14(4-2)12-18/h6-11,14H,3-5,12,18H2,1-2H3. The summed E-state index contributed by atoms with van der Waals surface area (Å²) in [5.41, 5.74) is 9.27. The van der Waals surface area contributed by atoms with Gasteiger partial charge in [-0.2, -0.15) is 0 Å². The molecule has 106 valence electrons. The smallest absolute Gasteiger partial charge is 0.133 e. The Balaban J connectivity index is 2.26. The summed E-state index contributed by atoms with van der Waals surface area (Å²) in [7, 11) is 0. The molecule has 0 amide bonds. The molecule has 20 heavy (non-hydrogen) atoms. The average Bonchev–Trinajstić information content (AvgIpc) is 2.50. The Hall–Kier alpha value is -1.74. The highest BCUT2D eigenvalue weighted by Crippen LogP contribution is 2.21. The van der Waals surface area contributed by atoms with Crippen LogP contribution in [0.4, 0.5) is 0 Å². The Labute approximate surface area is 121 Å². The van der Waals surface area contributed by atoms with Crippen LogP contribution in [0.15, 0.2) is 36.5 Å². The van der Waals surface area contributed by atoms with Crippen LogP contribution in [0.3, 0.4) is 0 Å². The lowest BCUT2D eigenvalue weighted by molar-refractivity contribution is 0.631. The van der Waals surface area contributed by atoms with Crippen LogP contribution < -0.4 is 5.73 Å². The number of hydrogen-bond acceptors (Lipinski definition) is 3. The van der Waals surface area contributed by atoms with Gasteiger partial charge in [-0.3, -0.25) is 0 Å². The summed E-state index contributed by atoms with van der Waals surface area (Å²) in [6, 6.07) is 10.6. The van der Waals surface area contributed by atoms with E-state index in [0.717, 1.165) is 29.9 Å². The number of nitrogens with zero attached hydrogens (tertiary/aromatic N) is 2. The first kappa shape index (κ1) is 14.7. The number of aryl methyl sites for hydroxylation is 1. The lowest BCUT2D eigenvalue weighted by Gasteiger charge is -2.11. The third-order valence-corrected chi connectivity index (χ3v) is 3.61. The van der Waals surface area contributed by atoms with Crippen LogP contribution in [0.5, 0.6) is 0 Å². The van der Waals surface area contributed by atoms with Crippen LogP contribution in [0, 0.1) is 0 Å². The van der Waals surface area contributed by atoms with Crippen LogP contribution >= 0.6 is 0 Å². The Morgan fingerprint density at radius 2 is 1.85 bits per heavy atom. The predicted octanol–water partition coefficient (Wildman–Crippen LogP) is 3.55. The summed E-state index contributed by atoms with van der Waals surface area (Å²) >= 11 is 0. The molecule has 2 aromatic rings. The summed E-state index contributed by atoms with van der Waals surface area (Å²) in [5, 5.41) is 0. The maximum Gasteiger partial charge on any atom is 0.133 e. The minimum Gasteiger partial charge on any atom is -0.330 e.